The molecular weight excluding hydrogens is 240 g/mol. The van der Waals surface area contributed by atoms with E-state index < -0.39 is 0 Å². The molecule has 2 aliphatic carbocycles. The number of nitrogens with one attached hydrogen (secondary N) is 1. The molecule has 0 radical (unpaired) electrons. The summed E-state index contributed by atoms with van der Waals surface area (Å²) in [7, 11) is 1.77. The average molecular weight is 268 g/mol. The van der Waals surface area contributed by atoms with Crippen molar-refractivity contribution in [1.82, 2.24) is 10.2 Å². The minimum Gasteiger partial charge on any atom is -0.391 e. The molecule has 1 atom stereocenters. The number of hydrogen-bond acceptors (Lipinski definition) is 2. The average Bonchev–Trinajstić information content (AvgIpc) is 3.24. The molecule has 0 heterocycles. The van der Waals surface area contributed by atoms with E-state index in [4.69, 9.17) is 0 Å². The lowest BCUT2D eigenvalue weighted by Crippen LogP contribution is -2.42. The predicted molar refractivity (Wildman–Crippen MR) is 76.0 cm³/mol. The molecule has 110 valence electrons. The van der Waals surface area contributed by atoms with Crippen molar-refractivity contribution in [3.63, 3.8) is 0 Å². The largest absolute Gasteiger partial charge is 0.391 e. The molecule has 2 amide bonds. The van der Waals surface area contributed by atoms with Crippen LogP contribution in [0.4, 0.5) is 4.79 Å². The summed E-state index contributed by atoms with van der Waals surface area (Å²) in [6.07, 6.45) is 9.72. The second-order valence-electron chi connectivity index (χ2n) is 6.31. The monoisotopic (exact) mass is 268 g/mol. The SMILES string of the molecule is CN(CC(O)C1CC1)C(=O)NCCC1CCCCC1. The number of amides is 2. The molecule has 4 nitrogen and oxygen atoms in total. The van der Waals surface area contributed by atoms with E-state index in [1.54, 1.807) is 11.9 Å². The number of aliphatic hydroxyl groups excluding tert-OH is 1. The van der Waals surface area contributed by atoms with Gasteiger partial charge in [-0.05, 0) is 31.1 Å². The smallest absolute Gasteiger partial charge is 0.317 e. The Balaban J connectivity index is 1.57. The molecule has 0 aromatic rings. The number of carbonyl (C=O) groups excluding carboxylic acids is 1. The maximum absolute atomic E-state index is 11.9. The number of rotatable bonds is 6. The van der Waals surface area contributed by atoms with Gasteiger partial charge in [0.15, 0.2) is 0 Å². The van der Waals surface area contributed by atoms with Crippen molar-refractivity contribution in [2.24, 2.45) is 11.8 Å². The number of nitrogens with zero attached hydrogens (tertiary/aromatic N) is 1. The Labute approximate surface area is 116 Å². The van der Waals surface area contributed by atoms with E-state index in [-0.39, 0.29) is 12.1 Å². The van der Waals surface area contributed by atoms with Gasteiger partial charge in [0, 0.05) is 20.1 Å². The summed E-state index contributed by atoms with van der Waals surface area (Å²) in [6.45, 7) is 1.23. The Morgan fingerprint density at radius 3 is 2.58 bits per heavy atom. The number of aliphatic hydroxyl groups is 1. The van der Waals surface area contributed by atoms with E-state index in [1.165, 1.54) is 32.1 Å². The molecule has 1 unspecified atom stereocenters. The number of likely N-dealkylation sites (N-methyl/N-ethyl adjacent to an activating group) is 1. The third-order valence-corrected chi connectivity index (χ3v) is 4.53. The second-order valence-corrected chi connectivity index (χ2v) is 6.31. The summed E-state index contributed by atoms with van der Waals surface area (Å²) in [4.78, 5) is 13.5. The molecule has 0 aromatic carbocycles. The minimum absolute atomic E-state index is 0.0458. The summed E-state index contributed by atoms with van der Waals surface area (Å²) in [5, 5.41) is 12.8. The molecule has 0 aliphatic heterocycles. The quantitative estimate of drug-likeness (QED) is 0.777. The normalized spacial score (nSPS) is 22.0. The van der Waals surface area contributed by atoms with Gasteiger partial charge in [-0.25, -0.2) is 4.79 Å². The lowest BCUT2D eigenvalue weighted by atomic mass is 9.87. The maximum Gasteiger partial charge on any atom is 0.317 e. The third-order valence-electron chi connectivity index (χ3n) is 4.53. The Hall–Kier alpha value is -0.770. The zero-order valence-corrected chi connectivity index (χ0v) is 12.1. The molecule has 0 saturated heterocycles. The first-order chi connectivity index (χ1) is 9.16. The molecule has 2 saturated carbocycles. The van der Waals surface area contributed by atoms with Gasteiger partial charge in [0.2, 0.25) is 0 Å². The predicted octanol–water partition coefficient (Wildman–Crippen LogP) is 2.37. The highest BCUT2D eigenvalue weighted by atomic mass is 16.3. The highest BCUT2D eigenvalue weighted by Gasteiger charge is 2.31. The fourth-order valence-electron chi connectivity index (χ4n) is 2.99. The summed E-state index contributed by atoms with van der Waals surface area (Å²) >= 11 is 0. The molecule has 4 heteroatoms. The Kier molecular flexibility index (Phi) is 5.49. The molecule has 2 fully saturated rings. The van der Waals surface area contributed by atoms with E-state index in [1.807, 2.05) is 0 Å². The Bertz CT molecular complexity index is 286. The molecule has 0 bridgehead atoms. The van der Waals surface area contributed by atoms with Crippen molar-refractivity contribution < 1.29 is 9.90 Å². The molecule has 0 spiro atoms. The van der Waals surface area contributed by atoms with Crippen LogP contribution in [0.1, 0.15) is 51.4 Å². The molecule has 2 N–H and O–H groups in total. The fraction of sp³-hybridized carbons (Fsp3) is 0.933. The van der Waals surface area contributed by atoms with E-state index in [9.17, 15) is 9.90 Å². The van der Waals surface area contributed by atoms with Crippen LogP contribution < -0.4 is 5.32 Å². The van der Waals surface area contributed by atoms with Crippen LogP contribution in [-0.2, 0) is 0 Å². The summed E-state index contributed by atoms with van der Waals surface area (Å²) in [5.74, 6) is 1.23. The Morgan fingerprint density at radius 2 is 1.95 bits per heavy atom. The highest BCUT2D eigenvalue weighted by Crippen LogP contribution is 2.32. The van der Waals surface area contributed by atoms with Crippen molar-refractivity contribution in [1.29, 1.82) is 0 Å². The summed E-state index contributed by atoms with van der Waals surface area (Å²) in [5.41, 5.74) is 0. The topological polar surface area (TPSA) is 52.6 Å². The zero-order chi connectivity index (χ0) is 13.7. The summed E-state index contributed by atoms with van der Waals surface area (Å²) < 4.78 is 0. The van der Waals surface area contributed by atoms with Gasteiger partial charge >= 0.3 is 6.03 Å². The Morgan fingerprint density at radius 1 is 1.26 bits per heavy atom. The molecular formula is C15H28N2O2. The van der Waals surface area contributed by atoms with Gasteiger partial charge in [-0.2, -0.15) is 0 Å². The number of carbonyl (C=O) groups is 1. The number of hydrogen-bond donors (Lipinski definition) is 2. The van der Waals surface area contributed by atoms with Crippen LogP contribution in [0.5, 0.6) is 0 Å². The first-order valence-electron chi connectivity index (χ1n) is 7.84. The highest BCUT2D eigenvalue weighted by molar-refractivity contribution is 5.73. The van der Waals surface area contributed by atoms with E-state index in [0.717, 1.165) is 31.7 Å². The van der Waals surface area contributed by atoms with Gasteiger partial charge in [-0.15, -0.1) is 0 Å². The van der Waals surface area contributed by atoms with Crippen molar-refractivity contribution in [3.05, 3.63) is 0 Å². The van der Waals surface area contributed by atoms with Gasteiger partial charge in [-0.1, -0.05) is 32.1 Å². The van der Waals surface area contributed by atoms with Gasteiger partial charge in [0.05, 0.1) is 6.10 Å². The van der Waals surface area contributed by atoms with Crippen molar-refractivity contribution in [2.45, 2.75) is 57.5 Å². The van der Waals surface area contributed by atoms with Crippen LogP contribution in [0.2, 0.25) is 0 Å². The van der Waals surface area contributed by atoms with Gasteiger partial charge in [-0.3, -0.25) is 0 Å². The van der Waals surface area contributed by atoms with Crippen molar-refractivity contribution >= 4 is 6.03 Å². The van der Waals surface area contributed by atoms with E-state index >= 15 is 0 Å². The van der Waals surface area contributed by atoms with Crippen molar-refractivity contribution in [2.75, 3.05) is 20.1 Å². The lowest BCUT2D eigenvalue weighted by molar-refractivity contribution is 0.113. The third kappa shape index (κ3) is 5.01. The minimum atomic E-state index is -0.339. The fourth-order valence-corrected chi connectivity index (χ4v) is 2.99. The maximum atomic E-state index is 11.9. The molecule has 0 aromatic heterocycles. The van der Waals surface area contributed by atoms with Gasteiger partial charge < -0.3 is 15.3 Å². The zero-order valence-electron chi connectivity index (χ0n) is 12.1. The first-order valence-corrected chi connectivity index (χ1v) is 7.84. The van der Waals surface area contributed by atoms with E-state index in [0.29, 0.717) is 12.5 Å². The first kappa shape index (κ1) is 14.6. The standard InChI is InChI=1S/C15H28N2O2/c1-17(11-14(18)13-7-8-13)15(19)16-10-9-12-5-3-2-4-6-12/h12-14,18H,2-11H2,1H3,(H,16,19). The van der Waals surface area contributed by atoms with Crippen LogP contribution in [0, 0.1) is 11.8 Å². The molecule has 19 heavy (non-hydrogen) atoms. The van der Waals surface area contributed by atoms with Gasteiger partial charge in [0.1, 0.15) is 0 Å². The van der Waals surface area contributed by atoms with Crippen LogP contribution >= 0.6 is 0 Å². The summed E-state index contributed by atoms with van der Waals surface area (Å²) in [6, 6.07) is -0.0458. The van der Waals surface area contributed by atoms with E-state index in [2.05, 4.69) is 5.32 Å². The lowest BCUT2D eigenvalue weighted by Gasteiger charge is -2.24. The number of urea groups is 1. The van der Waals surface area contributed by atoms with Gasteiger partial charge in [0.25, 0.3) is 0 Å². The van der Waals surface area contributed by atoms with Crippen LogP contribution in [-0.4, -0.2) is 42.3 Å². The van der Waals surface area contributed by atoms with Crippen molar-refractivity contribution in [3.8, 4) is 0 Å². The molecule has 2 aliphatic rings. The van der Waals surface area contributed by atoms with Crippen LogP contribution in [0.15, 0.2) is 0 Å². The van der Waals surface area contributed by atoms with Crippen LogP contribution in [0.3, 0.4) is 0 Å². The second kappa shape index (κ2) is 7.13. The van der Waals surface area contributed by atoms with Crippen LogP contribution in [0.25, 0.3) is 0 Å². The molecule has 2 rings (SSSR count).